The van der Waals surface area contributed by atoms with E-state index in [1.54, 1.807) is 7.11 Å². The molecule has 0 fully saturated rings. The summed E-state index contributed by atoms with van der Waals surface area (Å²) in [6, 6.07) is 5.37. The fourth-order valence-electron chi connectivity index (χ4n) is 2.37. The highest BCUT2D eigenvalue weighted by atomic mass is 19.1. The average molecular weight is 273 g/mol. The summed E-state index contributed by atoms with van der Waals surface area (Å²) in [7, 11) is 1.55. The van der Waals surface area contributed by atoms with E-state index in [4.69, 9.17) is 4.74 Å². The molecular weight excluding hydrogens is 253 g/mol. The molecule has 0 spiro atoms. The van der Waals surface area contributed by atoms with Gasteiger partial charge in [-0.25, -0.2) is 4.39 Å². The first-order valence-electron chi connectivity index (χ1n) is 6.75. The molecule has 0 radical (unpaired) electrons. The van der Waals surface area contributed by atoms with Crippen molar-refractivity contribution >= 4 is 0 Å². The van der Waals surface area contributed by atoms with E-state index >= 15 is 0 Å². The molecule has 0 aliphatic rings. The Hall–Kier alpha value is -1.90. The quantitative estimate of drug-likeness (QED) is 0.813. The fraction of sp³-hybridized carbons (Fsp3) is 0.353. The first-order chi connectivity index (χ1) is 9.43. The molecule has 20 heavy (non-hydrogen) atoms. The van der Waals surface area contributed by atoms with Gasteiger partial charge in [0.1, 0.15) is 11.6 Å². The Morgan fingerprint density at radius 3 is 2.40 bits per heavy atom. The summed E-state index contributed by atoms with van der Waals surface area (Å²) in [5.74, 6) is 0.405. The van der Waals surface area contributed by atoms with Crippen molar-refractivity contribution in [3.63, 3.8) is 0 Å². The normalized spacial score (nSPS) is 10.9. The van der Waals surface area contributed by atoms with Gasteiger partial charge in [0.15, 0.2) is 0 Å². The third-order valence-corrected chi connectivity index (χ3v) is 3.41. The SMILES string of the molecule is COc1cc(F)c(C(C)C)cc1-c1ncc(C)cc1C. The molecule has 0 aliphatic carbocycles. The molecular formula is C17H20FNO. The average Bonchev–Trinajstić information content (AvgIpc) is 2.38. The zero-order valence-electron chi connectivity index (χ0n) is 12.6. The molecule has 1 aromatic heterocycles. The lowest BCUT2D eigenvalue weighted by Crippen LogP contribution is -1.99. The number of hydrogen-bond acceptors (Lipinski definition) is 2. The first kappa shape index (κ1) is 14.5. The molecule has 1 aromatic carbocycles. The van der Waals surface area contributed by atoms with Crippen LogP contribution in [0.1, 0.15) is 36.5 Å². The smallest absolute Gasteiger partial charge is 0.131 e. The van der Waals surface area contributed by atoms with Gasteiger partial charge in [-0.05, 0) is 42.5 Å². The van der Waals surface area contributed by atoms with Gasteiger partial charge < -0.3 is 4.74 Å². The van der Waals surface area contributed by atoms with Crippen molar-refractivity contribution in [2.45, 2.75) is 33.6 Å². The van der Waals surface area contributed by atoms with Crippen LogP contribution in [-0.2, 0) is 0 Å². The molecule has 0 saturated heterocycles. The van der Waals surface area contributed by atoms with Crippen LogP contribution in [0.25, 0.3) is 11.3 Å². The van der Waals surface area contributed by atoms with Gasteiger partial charge in [0.05, 0.1) is 12.8 Å². The lowest BCUT2D eigenvalue weighted by Gasteiger charge is -2.15. The molecule has 0 atom stereocenters. The molecule has 0 saturated carbocycles. The molecule has 106 valence electrons. The Balaban J connectivity index is 2.68. The van der Waals surface area contributed by atoms with Crippen LogP contribution in [-0.4, -0.2) is 12.1 Å². The van der Waals surface area contributed by atoms with Crippen LogP contribution >= 0.6 is 0 Å². The second-order valence-corrected chi connectivity index (χ2v) is 5.41. The zero-order chi connectivity index (χ0) is 14.9. The van der Waals surface area contributed by atoms with Crippen LogP contribution in [0.4, 0.5) is 4.39 Å². The van der Waals surface area contributed by atoms with Gasteiger partial charge in [-0.3, -0.25) is 4.98 Å². The minimum Gasteiger partial charge on any atom is -0.496 e. The van der Waals surface area contributed by atoms with Crippen LogP contribution < -0.4 is 4.74 Å². The van der Waals surface area contributed by atoms with E-state index in [9.17, 15) is 4.39 Å². The molecule has 0 aliphatic heterocycles. The van der Waals surface area contributed by atoms with Crippen LogP contribution in [0.5, 0.6) is 5.75 Å². The lowest BCUT2D eigenvalue weighted by molar-refractivity contribution is 0.412. The van der Waals surface area contributed by atoms with E-state index in [0.29, 0.717) is 11.3 Å². The van der Waals surface area contributed by atoms with Crippen molar-refractivity contribution in [2.24, 2.45) is 0 Å². The van der Waals surface area contributed by atoms with Crippen molar-refractivity contribution in [1.29, 1.82) is 0 Å². The predicted octanol–water partition coefficient (Wildman–Crippen LogP) is 4.64. The molecule has 0 amide bonds. The molecule has 2 nitrogen and oxygen atoms in total. The lowest BCUT2D eigenvalue weighted by atomic mass is 9.96. The minimum absolute atomic E-state index is 0.116. The van der Waals surface area contributed by atoms with Gasteiger partial charge in [0, 0.05) is 17.8 Å². The number of ether oxygens (including phenoxy) is 1. The van der Waals surface area contributed by atoms with E-state index < -0.39 is 0 Å². The summed E-state index contributed by atoms with van der Waals surface area (Å²) in [5.41, 5.74) is 4.54. The number of aromatic nitrogens is 1. The van der Waals surface area contributed by atoms with Crippen molar-refractivity contribution < 1.29 is 9.13 Å². The maximum atomic E-state index is 14.0. The Morgan fingerprint density at radius 2 is 1.85 bits per heavy atom. The highest BCUT2D eigenvalue weighted by molar-refractivity contribution is 5.71. The molecule has 1 heterocycles. The van der Waals surface area contributed by atoms with E-state index in [1.807, 2.05) is 40.0 Å². The maximum Gasteiger partial charge on any atom is 0.131 e. The van der Waals surface area contributed by atoms with E-state index in [0.717, 1.165) is 22.4 Å². The monoisotopic (exact) mass is 273 g/mol. The third-order valence-electron chi connectivity index (χ3n) is 3.41. The Kier molecular flexibility index (Phi) is 4.07. The van der Waals surface area contributed by atoms with Crippen LogP contribution in [0.15, 0.2) is 24.4 Å². The highest BCUT2D eigenvalue weighted by Crippen LogP contribution is 2.35. The van der Waals surface area contributed by atoms with Crippen molar-refractivity contribution in [2.75, 3.05) is 7.11 Å². The first-order valence-corrected chi connectivity index (χ1v) is 6.75. The molecule has 3 heteroatoms. The Morgan fingerprint density at radius 1 is 1.15 bits per heavy atom. The van der Waals surface area contributed by atoms with Crippen LogP contribution in [0.2, 0.25) is 0 Å². The molecule has 0 bridgehead atoms. The fourth-order valence-corrected chi connectivity index (χ4v) is 2.37. The van der Waals surface area contributed by atoms with E-state index in [1.165, 1.54) is 6.07 Å². The third kappa shape index (κ3) is 2.67. The minimum atomic E-state index is -0.231. The summed E-state index contributed by atoms with van der Waals surface area (Å²) < 4.78 is 19.4. The Bertz CT molecular complexity index is 635. The van der Waals surface area contributed by atoms with Crippen molar-refractivity contribution in [3.8, 4) is 17.0 Å². The second-order valence-electron chi connectivity index (χ2n) is 5.41. The van der Waals surface area contributed by atoms with Crippen LogP contribution in [0.3, 0.4) is 0 Å². The van der Waals surface area contributed by atoms with Gasteiger partial charge in [-0.1, -0.05) is 19.9 Å². The topological polar surface area (TPSA) is 22.1 Å². The summed E-state index contributed by atoms with van der Waals surface area (Å²) in [4.78, 5) is 4.48. The standard InChI is InChI=1S/C17H20FNO/c1-10(2)13-7-14(16(20-5)8-15(13)18)17-12(4)6-11(3)9-19-17/h6-10H,1-5H3. The highest BCUT2D eigenvalue weighted by Gasteiger charge is 2.16. The largest absolute Gasteiger partial charge is 0.496 e. The maximum absolute atomic E-state index is 14.0. The summed E-state index contributed by atoms with van der Waals surface area (Å²) in [6.45, 7) is 7.96. The van der Waals surface area contributed by atoms with Crippen molar-refractivity contribution in [1.82, 2.24) is 4.98 Å². The number of aryl methyl sites for hydroxylation is 2. The molecule has 0 unspecified atom stereocenters. The molecule has 0 N–H and O–H groups in total. The van der Waals surface area contributed by atoms with Gasteiger partial charge in [-0.15, -0.1) is 0 Å². The number of nitrogens with zero attached hydrogens (tertiary/aromatic N) is 1. The van der Waals surface area contributed by atoms with Gasteiger partial charge >= 0.3 is 0 Å². The van der Waals surface area contributed by atoms with Crippen molar-refractivity contribution in [3.05, 3.63) is 46.9 Å². The second kappa shape index (κ2) is 5.61. The van der Waals surface area contributed by atoms with Gasteiger partial charge in [0.2, 0.25) is 0 Å². The number of benzene rings is 1. The Labute approximate surface area is 119 Å². The number of pyridine rings is 1. The molecule has 2 aromatic rings. The number of methoxy groups -OCH3 is 1. The molecule has 2 rings (SSSR count). The number of halogens is 1. The van der Waals surface area contributed by atoms with E-state index in [-0.39, 0.29) is 11.7 Å². The number of rotatable bonds is 3. The summed E-state index contributed by atoms with van der Waals surface area (Å²) >= 11 is 0. The van der Waals surface area contributed by atoms with E-state index in [2.05, 4.69) is 11.1 Å². The van der Waals surface area contributed by atoms with Gasteiger partial charge in [0.25, 0.3) is 0 Å². The van der Waals surface area contributed by atoms with Gasteiger partial charge in [-0.2, -0.15) is 0 Å². The predicted molar refractivity (Wildman–Crippen MR) is 79.7 cm³/mol. The summed E-state index contributed by atoms with van der Waals surface area (Å²) in [5, 5.41) is 0. The zero-order valence-corrected chi connectivity index (χ0v) is 12.6. The summed E-state index contributed by atoms with van der Waals surface area (Å²) in [6.07, 6.45) is 1.82. The number of hydrogen-bond donors (Lipinski definition) is 0. The van der Waals surface area contributed by atoms with Crippen LogP contribution in [0, 0.1) is 19.7 Å².